The molecule has 2 rings (SSSR count). The second kappa shape index (κ2) is 9.60. The van der Waals surface area contributed by atoms with Crippen molar-refractivity contribution in [1.29, 1.82) is 0 Å². The van der Waals surface area contributed by atoms with Crippen LogP contribution < -0.4 is 4.74 Å². The van der Waals surface area contributed by atoms with Gasteiger partial charge in [-0.15, -0.1) is 0 Å². The Morgan fingerprint density at radius 3 is 2.67 bits per heavy atom. The minimum atomic E-state index is -1.03. The van der Waals surface area contributed by atoms with Crippen LogP contribution in [0.4, 0.5) is 0 Å². The number of amides is 2. The van der Waals surface area contributed by atoms with E-state index >= 15 is 0 Å². The fourth-order valence-corrected chi connectivity index (χ4v) is 3.68. The Hall–Kier alpha value is -2.28. The van der Waals surface area contributed by atoms with Crippen molar-refractivity contribution in [2.24, 2.45) is 0 Å². The first-order valence-electron chi connectivity index (χ1n) is 8.91. The molecule has 1 aliphatic rings. The Morgan fingerprint density at radius 2 is 2.04 bits per heavy atom. The van der Waals surface area contributed by atoms with E-state index in [1.807, 2.05) is 0 Å². The van der Waals surface area contributed by atoms with Gasteiger partial charge in [0.25, 0.3) is 0 Å². The molecule has 0 bridgehead atoms. The van der Waals surface area contributed by atoms with E-state index < -0.39 is 5.97 Å². The highest BCUT2D eigenvalue weighted by molar-refractivity contribution is 6.31. The molecule has 1 heterocycles. The van der Waals surface area contributed by atoms with Gasteiger partial charge in [0, 0.05) is 36.6 Å². The highest BCUT2D eigenvalue weighted by Crippen LogP contribution is 2.27. The van der Waals surface area contributed by atoms with Crippen LogP contribution in [0.15, 0.2) is 18.2 Å². The third kappa shape index (κ3) is 5.60. The number of ether oxygens (including phenoxy) is 1. The predicted molar refractivity (Wildman–Crippen MR) is 101 cm³/mol. The number of benzene rings is 1. The van der Waals surface area contributed by atoms with Crippen LogP contribution >= 0.6 is 11.6 Å². The largest absolute Gasteiger partial charge is 0.496 e. The van der Waals surface area contributed by atoms with Gasteiger partial charge in [0.2, 0.25) is 11.8 Å². The molecule has 27 heavy (non-hydrogen) atoms. The van der Waals surface area contributed by atoms with E-state index in [9.17, 15) is 14.4 Å². The molecule has 1 saturated heterocycles. The molecule has 1 aromatic rings. The molecule has 8 heteroatoms. The van der Waals surface area contributed by atoms with E-state index in [1.54, 1.807) is 23.1 Å². The summed E-state index contributed by atoms with van der Waals surface area (Å²) < 4.78 is 5.30. The lowest BCUT2D eigenvalue weighted by molar-refractivity contribution is -0.145. The van der Waals surface area contributed by atoms with Crippen molar-refractivity contribution in [2.75, 3.05) is 26.7 Å². The zero-order chi connectivity index (χ0) is 20.0. The molecule has 7 nitrogen and oxygen atoms in total. The van der Waals surface area contributed by atoms with Gasteiger partial charge >= 0.3 is 5.97 Å². The molecule has 0 aromatic heterocycles. The van der Waals surface area contributed by atoms with Crippen LogP contribution in [-0.2, 0) is 20.8 Å². The first-order valence-corrected chi connectivity index (χ1v) is 9.29. The summed E-state index contributed by atoms with van der Waals surface area (Å²) in [4.78, 5) is 38.7. The van der Waals surface area contributed by atoms with Crippen LogP contribution in [0.25, 0.3) is 0 Å². The molecule has 0 radical (unpaired) electrons. The van der Waals surface area contributed by atoms with Gasteiger partial charge in [0.05, 0.1) is 13.5 Å². The minimum Gasteiger partial charge on any atom is -0.496 e. The molecule has 1 atom stereocenters. The average Bonchev–Trinajstić information content (AvgIpc) is 2.87. The lowest BCUT2D eigenvalue weighted by Gasteiger charge is -2.29. The van der Waals surface area contributed by atoms with Crippen LogP contribution in [0.3, 0.4) is 0 Å². The van der Waals surface area contributed by atoms with E-state index in [0.29, 0.717) is 48.7 Å². The van der Waals surface area contributed by atoms with Crippen LogP contribution in [-0.4, -0.2) is 65.5 Å². The second-order valence-corrected chi connectivity index (χ2v) is 7.01. The van der Waals surface area contributed by atoms with Gasteiger partial charge in [-0.2, -0.15) is 0 Å². The summed E-state index contributed by atoms with van der Waals surface area (Å²) in [6.45, 7) is 2.10. The number of carboxylic acid groups (broad SMARTS) is 1. The van der Waals surface area contributed by atoms with E-state index in [0.717, 1.165) is 0 Å². The number of methoxy groups -OCH3 is 1. The Kier molecular flexibility index (Phi) is 7.47. The summed E-state index contributed by atoms with van der Waals surface area (Å²) in [6, 6.07) is 5.08. The Morgan fingerprint density at radius 1 is 1.30 bits per heavy atom. The van der Waals surface area contributed by atoms with Crippen molar-refractivity contribution in [3.8, 4) is 5.75 Å². The number of hydrogen-bond acceptors (Lipinski definition) is 4. The van der Waals surface area contributed by atoms with Gasteiger partial charge in [-0.25, -0.2) is 0 Å². The number of halogens is 1. The minimum absolute atomic E-state index is 0.0605. The molecule has 0 saturated carbocycles. The highest BCUT2D eigenvalue weighted by Gasteiger charge is 2.28. The van der Waals surface area contributed by atoms with E-state index in [4.69, 9.17) is 21.4 Å². The van der Waals surface area contributed by atoms with Gasteiger partial charge in [-0.05, 0) is 31.4 Å². The highest BCUT2D eigenvalue weighted by atomic mass is 35.5. The summed E-state index contributed by atoms with van der Waals surface area (Å²) in [5.74, 6) is -0.779. The van der Waals surface area contributed by atoms with Crippen LogP contribution in [0.1, 0.15) is 31.7 Å². The number of aliphatic carboxylic acids is 1. The third-order valence-corrected chi connectivity index (χ3v) is 5.18. The maximum absolute atomic E-state index is 12.8. The number of hydrogen-bond donors (Lipinski definition) is 1. The zero-order valence-corrected chi connectivity index (χ0v) is 16.4. The summed E-state index contributed by atoms with van der Waals surface area (Å²) >= 11 is 6.22. The molecule has 1 unspecified atom stereocenters. The van der Waals surface area contributed by atoms with Crippen LogP contribution in [0, 0.1) is 0 Å². The molecular weight excluding hydrogens is 372 g/mol. The van der Waals surface area contributed by atoms with Gasteiger partial charge in [0.1, 0.15) is 12.3 Å². The fraction of sp³-hybridized carbons (Fsp3) is 0.526. The van der Waals surface area contributed by atoms with Crippen molar-refractivity contribution < 1.29 is 24.2 Å². The maximum atomic E-state index is 12.8. The van der Waals surface area contributed by atoms with E-state index in [-0.39, 0.29) is 30.8 Å². The van der Waals surface area contributed by atoms with Crippen LogP contribution in [0.2, 0.25) is 5.02 Å². The third-order valence-electron chi connectivity index (χ3n) is 4.82. The predicted octanol–water partition coefficient (Wildman–Crippen LogP) is 2.21. The number of carbonyl (C=O) groups excluding carboxylic acids is 2. The molecule has 1 aliphatic heterocycles. The molecule has 1 fully saturated rings. The summed E-state index contributed by atoms with van der Waals surface area (Å²) in [5.41, 5.74) is 0.656. The fourth-order valence-electron chi connectivity index (χ4n) is 3.45. The molecule has 1 N–H and O–H groups in total. The quantitative estimate of drug-likeness (QED) is 0.796. The maximum Gasteiger partial charge on any atom is 0.323 e. The standard InChI is InChI=1S/C19H25ClN2O5/c1-13(23)22(12-19(25)26)14-5-4-9-21(10-8-14)18(24)11-15-16(20)6-3-7-17(15)27-2/h3,6-7,14H,4-5,8-12H2,1-2H3,(H,25,26). The van der Waals surface area contributed by atoms with Crippen molar-refractivity contribution in [3.63, 3.8) is 0 Å². The van der Waals surface area contributed by atoms with Crippen molar-refractivity contribution in [1.82, 2.24) is 9.80 Å². The van der Waals surface area contributed by atoms with E-state index in [1.165, 1.54) is 18.9 Å². The Balaban J connectivity index is 2.04. The lowest BCUT2D eigenvalue weighted by atomic mass is 10.1. The van der Waals surface area contributed by atoms with Crippen molar-refractivity contribution in [3.05, 3.63) is 28.8 Å². The number of rotatable bonds is 6. The number of nitrogens with zero attached hydrogens (tertiary/aromatic N) is 2. The monoisotopic (exact) mass is 396 g/mol. The number of carboxylic acids is 1. The summed E-state index contributed by atoms with van der Waals surface area (Å²) in [6.07, 6.45) is 2.07. The second-order valence-electron chi connectivity index (χ2n) is 6.60. The summed E-state index contributed by atoms with van der Waals surface area (Å²) in [5, 5.41) is 9.52. The SMILES string of the molecule is COc1cccc(Cl)c1CC(=O)N1CCCC(N(CC(=O)O)C(C)=O)CC1. The lowest BCUT2D eigenvalue weighted by Crippen LogP contribution is -2.43. The van der Waals surface area contributed by atoms with Crippen LogP contribution in [0.5, 0.6) is 5.75 Å². The smallest absolute Gasteiger partial charge is 0.323 e. The van der Waals surface area contributed by atoms with Crippen molar-refractivity contribution >= 4 is 29.4 Å². The summed E-state index contributed by atoms with van der Waals surface area (Å²) in [7, 11) is 1.54. The molecular formula is C19H25ClN2O5. The zero-order valence-electron chi connectivity index (χ0n) is 15.6. The molecule has 2 amide bonds. The topological polar surface area (TPSA) is 87.2 Å². The van der Waals surface area contributed by atoms with Crippen molar-refractivity contribution in [2.45, 2.75) is 38.6 Å². The van der Waals surface area contributed by atoms with Gasteiger partial charge < -0.3 is 19.6 Å². The molecule has 1 aromatic carbocycles. The molecule has 0 aliphatic carbocycles. The average molecular weight is 397 g/mol. The van der Waals surface area contributed by atoms with Gasteiger partial charge in [-0.3, -0.25) is 14.4 Å². The normalized spacial score (nSPS) is 17.1. The van der Waals surface area contributed by atoms with E-state index in [2.05, 4.69) is 0 Å². The molecule has 148 valence electrons. The first kappa shape index (κ1) is 21.0. The first-order chi connectivity index (χ1) is 12.8. The molecule has 0 spiro atoms. The number of carbonyl (C=O) groups is 3. The Bertz CT molecular complexity index is 709. The Labute approximate surface area is 163 Å². The van der Waals surface area contributed by atoms with Gasteiger partial charge in [0.15, 0.2) is 0 Å². The van der Waals surface area contributed by atoms with Gasteiger partial charge in [-0.1, -0.05) is 17.7 Å². The number of likely N-dealkylation sites (tertiary alicyclic amines) is 1.